The topological polar surface area (TPSA) is 66.8 Å². The van der Waals surface area contributed by atoms with E-state index in [4.69, 9.17) is 9.84 Å². The summed E-state index contributed by atoms with van der Waals surface area (Å²) >= 11 is 0. The summed E-state index contributed by atoms with van der Waals surface area (Å²) in [6, 6.07) is 0.0612. The lowest BCUT2D eigenvalue weighted by atomic mass is 10.1. The van der Waals surface area contributed by atoms with Crippen molar-refractivity contribution in [1.82, 2.24) is 4.90 Å². The van der Waals surface area contributed by atoms with E-state index in [0.29, 0.717) is 6.61 Å². The fourth-order valence-corrected chi connectivity index (χ4v) is 1.94. The SMILES string of the molecule is CCC(C)N(CCC(=O)O)C(=O)C1CCCO1. The molecule has 1 aliphatic rings. The number of carbonyl (C=O) groups excluding carboxylic acids is 1. The molecule has 98 valence electrons. The van der Waals surface area contributed by atoms with Crippen molar-refractivity contribution in [2.24, 2.45) is 0 Å². The summed E-state index contributed by atoms with van der Waals surface area (Å²) in [6.07, 6.45) is 2.10. The van der Waals surface area contributed by atoms with E-state index in [1.54, 1.807) is 4.90 Å². The van der Waals surface area contributed by atoms with Crippen molar-refractivity contribution in [2.45, 2.75) is 51.7 Å². The first-order chi connectivity index (χ1) is 8.06. The van der Waals surface area contributed by atoms with Crippen LogP contribution in [0.15, 0.2) is 0 Å². The van der Waals surface area contributed by atoms with E-state index in [1.807, 2.05) is 13.8 Å². The lowest BCUT2D eigenvalue weighted by molar-refractivity contribution is -0.144. The van der Waals surface area contributed by atoms with E-state index < -0.39 is 5.97 Å². The number of amides is 1. The number of rotatable bonds is 6. The minimum absolute atomic E-state index is 0.0111. The van der Waals surface area contributed by atoms with Crippen LogP contribution in [-0.4, -0.2) is 47.2 Å². The summed E-state index contributed by atoms with van der Waals surface area (Å²) in [7, 11) is 0. The van der Waals surface area contributed by atoms with Gasteiger partial charge in [-0.3, -0.25) is 9.59 Å². The van der Waals surface area contributed by atoms with Gasteiger partial charge in [-0.05, 0) is 26.2 Å². The maximum atomic E-state index is 12.2. The van der Waals surface area contributed by atoms with Gasteiger partial charge in [-0.15, -0.1) is 0 Å². The van der Waals surface area contributed by atoms with Crippen molar-refractivity contribution in [3.05, 3.63) is 0 Å². The number of carboxylic acid groups (broad SMARTS) is 1. The van der Waals surface area contributed by atoms with E-state index >= 15 is 0 Å². The van der Waals surface area contributed by atoms with Gasteiger partial charge in [0, 0.05) is 19.2 Å². The molecule has 1 N–H and O–H groups in total. The van der Waals surface area contributed by atoms with Crippen LogP contribution in [0.5, 0.6) is 0 Å². The number of carbonyl (C=O) groups is 2. The van der Waals surface area contributed by atoms with Gasteiger partial charge in [0.25, 0.3) is 5.91 Å². The summed E-state index contributed by atoms with van der Waals surface area (Å²) in [5.74, 6) is -0.934. The van der Waals surface area contributed by atoms with Crippen molar-refractivity contribution >= 4 is 11.9 Å². The summed E-state index contributed by atoms with van der Waals surface area (Å²) in [6.45, 7) is 4.82. The van der Waals surface area contributed by atoms with Crippen LogP contribution in [-0.2, 0) is 14.3 Å². The molecular weight excluding hydrogens is 222 g/mol. The molecule has 0 aliphatic carbocycles. The molecule has 5 nitrogen and oxygen atoms in total. The average molecular weight is 243 g/mol. The van der Waals surface area contributed by atoms with Crippen LogP contribution < -0.4 is 0 Å². The zero-order chi connectivity index (χ0) is 12.8. The third kappa shape index (κ3) is 4.00. The number of carboxylic acids is 1. The Morgan fingerprint density at radius 1 is 1.53 bits per heavy atom. The molecule has 5 heteroatoms. The quantitative estimate of drug-likeness (QED) is 0.762. The fourth-order valence-electron chi connectivity index (χ4n) is 1.94. The highest BCUT2D eigenvalue weighted by molar-refractivity contribution is 5.82. The Morgan fingerprint density at radius 3 is 2.71 bits per heavy atom. The molecule has 0 spiro atoms. The zero-order valence-electron chi connectivity index (χ0n) is 10.5. The summed E-state index contributed by atoms with van der Waals surface area (Å²) in [5.41, 5.74) is 0. The van der Waals surface area contributed by atoms with Gasteiger partial charge in [0.15, 0.2) is 0 Å². The molecule has 1 fully saturated rings. The Balaban J connectivity index is 2.60. The molecule has 0 radical (unpaired) electrons. The Bertz CT molecular complexity index is 274. The molecule has 0 aromatic heterocycles. The first-order valence-corrected chi connectivity index (χ1v) is 6.20. The fraction of sp³-hybridized carbons (Fsp3) is 0.833. The van der Waals surface area contributed by atoms with E-state index in [-0.39, 0.29) is 31.0 Å². The predicted octanol–water partition coefficient (Wildman–Crippen LogP) is 1.27. The predicted molar refractivity (Wildman–Crippen MR) is 62.7 cm³/mol. The van der Waals surface area contributed by atoms with Gasteiger partial charge >= 0.3 is 5.97 Å². The van der Waals surface area contributed by atoms with Gasteiger partial charge in [-0.25, -0.2) is 0 Å². The number of hydrogen-bond donors (Lipinski definition) is 1. The summed E-state index contributed by atoms with van der Waals surface area (Å²) in [5, 5.41) is 8.69. The highest BCUT2D eigenvalue weighted by atomic mass is 16.5. The first-order valence-electron chi connectivity index (χ1n) is 6.20. The molecule has 0 saturated carbocycles. The van der Waals surface area contributed by atoms with Crippen molar-refractivity contribution in [3.63, 3.8) is 0 Å². The monoisotopic (exact) mass is 243 g/mol. The van der Waals surface area contributed by atoms with E-state index in [9.17, 15) is 9.59 Å². The van der Waals surface area contributed by atoms with Crippen molar-refractivity contribution in [1.29, 1.82) is 0 Å². The Labute approximate surface area is 102 Å². The molecular formula is C12H21NO4. The van der Waals surface area contributed by atoms with E-state index in [0.717, 1.165) is 19.3 Å². The molecule has 0 bridgehead atoms. The lowest BCUT2D eigenvalue weighted by Crippen LogP contribution is -2.45. The van der Waals surface area contributed by atoms with Crippen LogP contribution in [0.1, 0.15) is 39.5 Å². The maximum Gasteiger partial charge on any atom is 0.305 e. The summed E-state index contributed by atoms with van der Waals surface area (Å²) < 4.78 is 5.36. The maximum absolute atomic E-state index is 12.2. The minimum Gasteiger partial charge on any atom is -0.481 e. The highest BCUT2D eigenvalue weighted by Crippen LogP contribution is 2.17. The molecule has 1 rings (SSSR count). The second kappa shape index (κ2) is 6.59. The van der Waals surface area contributed by atoms with Crippen molar-refractivity contribution in [2.75, 3.05) is 13.2 Å². The number of aliphatic carboxylic acids is 1. The largest absolute Gasteiger partial charge is 0.481 e. The number of ether oxygens (including phenoxy) is 1. The molecule has 1 saturated heterocycles. The Kier molecular flexibility index (Phi) is 5.41. The van der Waals surface area contributed by atoms with Crippen LogP contribution in [0.4, 0.5) is 0 Å². The van der Waals surface area contributed by atoms with Crippen molar-refractivity contribution in [3.8, 4) is 0 Å². The average Bonchev–Trinajstić information content (AvgIpc) is 2.81. The van der Waals surface area contributed by atoms with Gasteiger partial charge < -0.3 is 14.7 Å². The molecule has 1 amide bonds. The lowest BCUT2D eigenvalue weighted by Gasteiger charge is -2.30. The van der Waals surface area contributed by atoms with Gasteiger partial charge in [-0.1, -0.05) is 6.92 Å². The molecule has 17 heavy (non-hydrogen) atoms. The minimum atomic E-state index is -0.876. The normalized spacial score (nSPS) is 21.2. The molecule has 0 aromatic carbocycles. The first kappa shape index (κ1) is 14.0. The zero-order valence-corrected chi connectivity index (χ0v) is 10.5. The van der Waals surface area contributed by atoms with E-state index in [1.165, 1.54) is 0 Å². The third-order valence-electron chi connectivity index (χ3n) is 3.18. The standard InChI is InChI=1S/C12H21NO4/c1-3-9(2)13(7-6-11(14)15)12(16)10-5-4-8-17-10/h9-10H,3-8H2,1-2H3,(H,14,15). The molecule has 1 heterocycles. The summed E-state index contributed by atoms with van der Waals surface area (Å²) in [4.78, 5) is 24.4. The van der Waals surface area contributed by atoms with Gasteiger partial charge in [0.2, 0.25) is 0 Å². The molecule has 2 atom stereocenters. The van der Waals surface area contributed by atoms with E-state index in [2.05, 4.69) is 0 Å². The van der Waals surface area contributed by atoms with Gasteiger partial charge in [0.05, 0.1) is 6.42 Å². The van der Waals surface area contributed by atoms with Crippen LogP contribution >= 0.6 is 0 Å². The van der Waals surface area contributed by atoms with Gasteiger partial charge in [0.1, 0.15) is 6.10 Å². The number of nitrogens with zero attached hydrogens (tertiary/aromatic N) is 1. The van der Waals surface area contributed by atoms with Crippen molar-refractivity contribution < 1.29 is 19.4 Å². The number of hydrogen-bond acceptors (Lipinski definition) is 3. The molecule has 0 aromatic rings. The van der Waals surface area contributed by atoms with Crippen LogP contribution in [0.25, 0.3) is 0 Å². The Morgan fingerprint density at radius 2 is 2.24 bits per heavy atom. The molecule has 1 aliphatic heterocycles. The smallest absolute Gasteiger partial charge is 0.305 e. The van der Waals surface area contributed by atoms with Crippen LogP contribution in [0.2, 0.25) is 0 Å². The van der Waals surface area contributed by atoms with Crippen LogP contribution in [0, 0.1) is 0 Å². The second-order valence-corrected chi connectivity index (χ2v) is 4.43. The van der Waals surface area contributed by atoms with Gasteiger partial charge in [-0.2, -0.15) is 0 Å². The highest BCUT2D eigenvalue weighted by Gasteiger charge is 2.30. The second-order valence-electron chi connectivity index (χ2n) is 4.43. The Hall–Kier alpha value is -1.10. The van der Waals surface area contributed by atoms with Crippen LogP contribution in [0.3, 0.4) is 0 Å². The third-order valence-corrected chi connectivity index (χ3v) is 3.18. The molecule has 2 unspecified atom stereocenters.